The summed E-state index contributed by atoms with van der Waals surface area (Å²) in [4.78, 5) is 36.9. The first-order chi connectivity index (χ1) is 25.0. The first-order valence-electron chi connectivity index (χ1n) is 18.5. The molecule has 1 heterocycles. The Labute approximate surface area is 322 Å². The van der Waals surface area contributed by atoms with Gasteiger partial charge in [-0.05, 0) is 111 Å². The molecule has 2 aromatic rings. The monoisotopic (exact) mass is 763 g/mol. The molecule has 1 aliphatic heterocycles. The van der Waals surface area contributed by atoms with Crippen molar-refractivity contribution in [3.8, 4) is 5.75 Å². The van der Waals surface area contributed by atoms with Gasteiger partial charge >= 0.3 is 5.97 Å². The Morgan fingerprint density at radius 3 is 2.53 bits per heavy atom. The van der Waals surface area contributed by atoms with Gasteiger partial charge in [-0.1, -0.05) is 68.8 Å². The van der Waals surface area contributed by atoms with Gasteiger partial charge in [0.1, 0.15) is 18.0 Å². The van der Waals surface area contributed by atoms with E-state index in [4.69, 9.17) is 33.0 Å². The number of carbonyl (C=O) groups excluding carboxylic acids is 2. The molecule has 0 amide bonds. The molecule has 3 fully saturated rings. The standard InChI is InChI=1S/C22H28Cl2O4.C21H23NO3/c1-12-8-16-15-5-4-13-9-14(25)6-7-19(13,2)21(15,24)17(26)10-20(16,3)22(12,28)18(27)11-23;1-22(2)11-5-8-18-17-7-4-3-6-16(17)14-25-20-10-9-15(12-19(18)20)13-21(23)24/h6-7,9,12,15-17,26,28H,4-5,8,10-11H2,1-3H3;3-4,6-10,12H,5,11,13-14H2,1-2H3,(H,23,24)/b;18-8-/t12-,15+,16+,17+,19+,20+,21+,22+;/m1./s1. The van der Waals surface area contributed by atoms with E-state index in [0.29, 0.717) is 13.0 Å². The van der Waals surface area contributed by atoms with Crippen molar-refractivity contribution < 1.29 is 34.4 Å². The maximum absolute atomic E-state index is 12.7. The molecule has 0 bridgehead atoms. The summed E-state index contributed by atoms with van der Waals surface area (Å²) in [5.41, 5.74) is 3.18. The molecule has 0 saturated heterocycles. The second-order valence-electron chi connectivity index (χ2n) is 16.3. The Hall–Kier alpha value is -3.27. The van der Waals surface area contributed by atoms with Crippen molar-refractivity contribution in [1.82, 2.24) is 4.90 Å². The third kappa shape index (κ3) is 6.52. The minimum absolute atomic E-state index is 0.00929. The molecule has 10 heteroatoms. The topological polar surface area (TPSA) is 124 Å². The lowest BCUT2D eigenvalue weighted by molar-refractivity contribution is -0.175. The van der Waals surface area contributed by atoms with E-state index in [9.17, 15) is 24.6 Å². The number of allylic oxidation sites excluding steroid dienone is 4. The van der Waals surface area contributed by atoms with Crippen LogP contribution in [0.25, 0.3) is 5.57 Å². The zero-order valence-electron chi connectivity index (χ0n) is 31.2. The van der Waals surface area contributed by atoms with E-state index in [-0.39, 0.29) is 48.0 Å². The molecule has 8 atom stereocenters. The van der Waals surface area contributed by atoms with Crippen molar-refractivity contribution in [3.63, 3.8) is 0 Å². The number of hydrogen-bond donors (Lipinski definition) is 3. The van der Waals surface area contributed by atoms with Crippen LogP contribution in [-0.2, 0) is 27.4 Å². The number of hydrogen-bond acceptors (Lipinski definition) is 7. The highest BCUT2D eigenvalue weighted by atomic mass is 35.5. The number of carboxylic acids is 1. The van der Waals surface area contributed by atoms with E-state index >= 15 is 0 Å². The van der Waals surface area contributed by atoms with Gasteiger partial charge in [-0.15, -0.1) is 23.2 Å². The largest absolute Gasteiger partial charge is 0.488 e. The summed E-state index contributed by atoms with van der Waals surface area (Å²) in [6.45, 7) is 7.29. The Bertz CT molecular complexity index is 1890. The number of nitrogens with zero attached hydrogens (tertiary/aromatic N) is 1. The summed E-state index contributed by atoms with van der Waals surface area (Å²) in [6.07, 6.45) is 9.63. The third-order valence-corrected chi connectivity index (χ3v) is 14.2. The smallest absolute Gasteiger partial charge is 0.307 e. The number of alkyl halides is 2. The van der Waals surface area contributed by atoms with Gasteiger partial charge in [-0.2, -0.15) is 0 Å². The zero-order chi connectivity index (χ0) is 38.5. The third-order valence-electron chi connectivity index (χ3n) is 13.1. The maximum Gasteiger partial charge on any atom is 0.307 e. The molecule has 8 nitrogen and oxygen atoms in total. The van der Waals surface area contributed by atoms with Crippen LogP contribution in [0.15, 0.2) is 72.3 Å². The number of halogens is 2. The lowest BCUT2D eigenvalue weighted by Crippen LogP contribution is -2.68. The molecule has 4 aliphatic carbocycles. The predicted molar refractivity (Wildman–Crippen MR) is 207 cm³/mol. The number of carbonyl (C=O) groups is 3. The highest BCUT2D eigenvalue weighted by Crippen LogP contribution is 2.71. The number of fused-ring (bicyclic) bond motifs is 7. The van der Waals surface area contributed by atoms with Crippen LogP contribution < -0.4 is 4.74 Å². The molecule has 0 spiro atoms. The summed E-state index contributed by atoms with van der Waals surface area (Å²) in [7, 11) is 4.11. The number of benzene rings is 2. The van der Waals surface area contributed by atoms with Crippen LogP contribution in [0.1, 0.15) is 75.1 Å². The van der Waals surface area contributed by atoms with Crippen LogP contribution in [0, 0.1) is 28.6 Å². The van der Waals surface area contributed by atoms with Gasteiger partial charge in [0.2, 0.25) is 0 Å². The molecule has 284 valence electrons. The molecule has 3 N–H and O–H groups in total. The number of aliphatic carboxylic acids is 1. The number of ketones is 2. The van der Waals surface area contributed by atoms with Crippen LogP contribution in [0.2, 0.25) is 0 Å². The molecule has 0 unspecified atom stereocenters. The maximum atomic E-state index is 12.7. The number of Topliss-reactive ketones (excluding diaryl/α,β-unsaturated/α-hetero) is 1. The SMILES string of the molecule is CN(C)CC/C=C1/c2ccccc2COc2ccc(CC(=O)O)cc21.C[C@@H]1C[C@H]2[C@@H]3CCC4=CC(=O)C=C[C@]4(C)[C@@]3(Cl)[C@@H](O)C[C@]2(C)[C@@]1(O)C(=O)CCl. The predicted octanol–water partition coefficient (Wildman–Crippen LogP) is 7.00. The van der Waals surface area contributed by atoms with Crippen molar-refractivity contribution in [2.75, 3.05) is 26.5 Å². The van der Waals surface area contributed by atoms with Crippen molar-refractivity contribution in [2.45, 2.75) is 82.5 Å². The minimum atomic E-state index is -1.56. The second-order valence-corrected chi connectivity index (χ2v) is 17.2. The average molecular weight is 765 g/mol. The Morgan fingerprint density at radius 1 is 1.09 bits per heavy atom. The Kier molecular flexibility index (Phi) is 11.0. The van der Waals surface area contributed by atoms with E-state index in [0.717, 1.165) is 65.0 Å². The van der Waals surface area contributed by atoms with E-state index in [2.05, 4.69) is 37.2 Å². The van der Waals surface area contributed by atoms with Gasteiger partial charge in [0.15, 0.2) is 11.6 Å². The summed E-state index contributed by atoms with van der Waals surface area (Å²) < 4.78 is 5.99. The number of carboxylic acid groups (broad SMARTS) is 1. The normalized spacial score (nSPS) is 34.6. The number of ether oxygens (including phenoxy) is 1. The van der Waals surface area contributed by atoms with Gasteiger partial charge in [0.05, 0.1) is 23.3 Å². The zero-order valence-corrected chi connectivity index (χ0v) is 32.7. The molecular weight excluding hydrogens is 713 g/mol. The average Bonchev–Trinajstić information content (AvgIpc) is 3.21. The van der Waals surface area contributed by atoms with E-state index in [1.165, 1.54) is 0 Å². The summed E-state index contributed by atoms with van der Waals surface area (Å²) in [5, 5.41) is 32.0. The molecule has 5 aliphatic rings. The molecule has 0 aromatic heterocycles. The summed E-state index contributed by atoms with van der Waals surface area (Å²) in [6, 6.07) is 13.9. The number of aliphatic hydroxyl groups excluding tert-OH is 1. The summed E-state index contributed by atoms with van der Waals surface area (Å²) >= 11 is 13.2. The van der Waals surface area contributed by atoms with Crippen molar-refractivity contribution >= 4 is 46.3 Å². The van der Waals surface area contributed by atoms with Gasteiger partial charge in [0.25, 0.3) is 0 Å². The fourth-order valence-electron chi connectivity index (χ4n) is 10.3. The van der Waals surface area contributed by atoms with Crippen molar-refractivity contribution in [1.29, 1.82) is 0 Å². The highest BCUT2D eigenvalue weighted by Gasteiger charge is 2.74. The Balaban J connectivity index is 0.000000183. The molecule has 3 saturated carbocycles. The first kappa shape index (κ1) is 39.4. The number of rotatable bonds is 7. The van der Waals surface area contributed by atoms with Crippen LogP contribution in [0.4, 0.5) is 0 Å². The van der Waals surface area contributed by atoms with E-state index in [1.54, 1.807) is 12.2 Å². The first-order valence-corrected chi connectivity index (χ1v) is 19.5. The lowest BCUT2D eigenvalue weighted by atomic mass is 9.45. The van der Waals surface area contributed by atoms with Crippen LogP contribution in [0.3, 0.4) is 0 Å². The van der Waals surface area contributed by atoms with Gasteiger partial charge in [0, 0.05) is 22.9 Å². The van der Waals surface area contributed by atoms with Crippen LogP contribution in [-0.4, -0.2) is 80.9 Å². The molecule has 53 heavy (non-hydrogen) atoms. The van der Waals surface area contributed by atoms with Crippen molar-refractivity contribution in [2.24, 2.45) is 28.6 Å². The second kappa shape index (κ2) is 14.8. The molecule has 2 aromatic carbocycles. The van der Waals surface area contributed by atoms with Gasteiger partial charge in [-0.3, -0.25) is 14.4 Å². The molecule has 0 radical (unpaired) electrons. The molecular formula is C43H51Cl2NO7. The molecule has 7 rings (SSSR count). The van der Waals surface area contributed by atoms with Gasteiger partial charge < -0.3 is 25.0 Å². The van der Waals surface area contributed by atoms with Gasteiger partial charge in [-0.25, -0.2) is 0 Å². The fraction of sp³-hybridized carbons (Fsp3) is 0.512. The van der Waals surface area contributed by atoms with Crippen LogP contribution in [0.5, 0.6) is 5.75 Å². The highest BCUT2D eigenvalue weighted by molar-refractivity contribution is 6.29. The quantitative estimate of drug-likeness (QED) is 0.258. The number of aliphatic hydroxyl groups is 2. The summed E-state index contributed by atoms with van der Waals surface area (Å²) in [5.74, 6) is -1.02. The lowest BCUT2D eigenvalue weighted by Gasteiger charge is -2.63. The fourth-order valence-corrected chi connectivity index (χ4v) is 11.1. The van der Waals surface area contributed by atoms with E-state index in [1.807, 2.05) is 57.2 Å². The minimum Gasteiger partial charge on any atom is -0.488 e. The van der Waals surface area contributed by atoms with Crippen molar-refractivity contribution in [3.05, 3.63) is 94.6 Å². The van der Waals surface area contributed by atoms with E-state index < -0.39 is 33.4 Å². The Morgan fingerprint density at radius 2 is 1.83 bits per heavy atom. The van der Waals surface area contributed by atoms with Crippen LogP contribution >= 0.6 is 23.2 Å².